The number of nitrogens with zero attached hydrogens (tertiary/aromatic N) is 3. The van der Waals surface area contributed by atoms with Crippen molar-refractivity contribution in [1.82, 2.24) is 9.88 Å². The molecule has 1 saturated carbocycles. The molecule has 1 fully saturated rings. The molecule has 166 valence electrons. The van der Waals surface area contributed by atoms with Gasteiger partial charge in [-0.3, -0.25) is 4.79 Å². The molecule has 9 heteroatoms. The monoisotopic (exact) mass is 434 g/mol. The molecule has 2 N–H and O–H groups in total. The van der Waals surface area contributed by atoms with E-state index in [0.717, 1.165) is 0 Å². The number of oxazole rings is 1. The third-order valence-corrected chi connectivity index (χ3v) is 5.38. The first-order valence-corrected chi connectivity index (χ1v) is 10.1. The minimum absolute atomic E-state index is 0.0209. The third kappa shape index (κ3) is 4.74. The van der Waals surface area contributed by atoms with E-state index < -0.39 is 29.7 Å². The predicted molar refractivity (Wildman–Crippen MR) is 107 cm³/mol. The molecular formula is C22H25F3N4O2. The van der Waals surface area contributed by atoms with Crippen molar-refractivity contribution >= 4 is 5.91 Å². The highest BCUT2D eigenvalue weighted by molar-refractivity contribution is 5.84. The number of alkyl halides is 3. The molecular weight excluding hydrogens is 409 g/mol. The number of benzene rings is 1. The van der Waals surface area contributed by atoms with Gasteiger partial charge in [-0.05, 0) is 30.7 Å². The number of rotatable bonds is 7. The molecule has 0 saturated heterocycles. The number of halogens is 3. The largest absolute Gasteiger partial charge is 0.449 e. The standard InChI is InChI=1S/C22H25F3N4O2/c1-13(2)10-17(27)20(30)29(21(12-26)8-9-21)19(22(23,24)25)16-6-4-15(5-7-16)18-11-31-14(3)28-18/h4-7,11,13,17,19H,8-10,27H2,1-3H3/t17-,19-/m0/s1. The maximum Gasteiger partial charge on any atom is 0.413 e. The Kier molecular flexibility index (Phi) is 6.14. The van der Waals surface area contributed by atoms with Crippen LogP contribution in [-0.4, -0.2) is 33.5 Å². The molecule has 6 nitrogen and oxygen atoms in total. The molecule has 1 aliphatic rings. The van der Waals surface area contributed by atoms with Crippen molar-refractivity contribution in [1.29, 1.82) is 5.26 Å². The average Bonchev–Trinajstić information content (AvgIpc) is 3.37. The number of amides is 1. The summed E-state index contributed by atoms with van der Waals surface area (Å²) >= 11 is 0. The van der Waals surface area contributed by atoms with Gasteiger partial charge in [-0.2, -0.15) is 18.4 Å². The maximum absolute atomic E-state index is 14.3. The van der Waals surface area contributed by atoms with E-state index in [1.807, 2.05) is 19.9 Å². The van der Waals surface area contributed by atoms with Gasteiger partial charge in [0.2, 0.25) is 5.91 Å². The second-order valence-electron chi connectivity index (χ2n) is 8.41. The zero-order valence-electron chi connectivity index (χ0n) is 17.6. The second-order valence-corrected chi connectivity index (χ2v) is 8.41. The van der Waals surface area contributed by atoms with E-state index >= 15 is 0 Å². The Balaban J connectivity index is 2.02. The van der Waals surface area contributed by atoms with Gasteiger partial charge in [0.05, 0.1) is 12.1 Å². The Hall–Kier alpha value is -2.86. The number of nitriles is 1. The quantitative estimate of drug-likeness (QED) is 0.692. The fourth-order valence-corrected chi connectivity index (χ4v) is 3.71. The minimum Gasteiger partial charge on any atom is -0.449 e. The van der Waals surface area contributed by atoms with Gasteiger partial charge in [-0.25, -0.2) is 4.98 Å². The molecule has 0 aliphatic heterocycles. The molecule has 31 heavy (non-hydrogen) atoms. The normalized spacial score (nSPS) is 17.1. The van der Waals surface area contributed by atoms with Crippen LogP contribution in [0.1, 0.15) is 50.6 Å². The van der Waals surface area contributed by atoms with E-state index in [4.69, 9.17) is 10.2 Å². The van der Waals surface area contributed by atoms with Crippen molar-refractivity contribution in [3.63, 3.8) is 0 Å². The van der Waals surface area contributed by atoms with Gasteiger partial charge in [0.25, 0.3) is 0 Å². The van der Waals surface area contributed by atoms with Crippen LogP contribution in [-0.2, 0) is 4.79 Å². The van der Waals surface area contributed by atoms with Crippen LogP contribution in [0.3, 0.4) is 0 Å². The predicted octanol–water partition coefficient (Wildman–Crippen LogP) is 4.51. The van der Waals surface area contributed by atoms with Crippen molar-refractivity contribution in [2.24, 2.45) is 11.7 Å². The van der Waals surface area contributed by atoms with E-state index in [2.05, 4.69) is 4.98 Å². The highest BCUT2D eigenvalue weighted by Gasteiger charge is 2.60. The topological polar surface area (TPSA) is 96.1 Å². The van der Waals surface area contributed by atoms with Crippen molar-refractivity contribution < 1.29 is 22.4 Å². The summed E-state index contributed by atoms with van der Waals surface area (Å²) < 4.78 is 48.0. The van der Waals surface area contributed by atoms with Crippen LogP contribution in [0.4, 0.5) is 13.2 Å². The lowest BCUT2D eigenvalue weighted by Gasteiger charge is -2.38. The number of aryl methyl sites for hydroxylation is 1. The van der Waals surface area contributed by atoms with Gasteiger partial charge in [-0.1, -0.05) is 38.1 Å². The lowest BCUT2D eigenvalue weighted by atomic mass is 9.96. The number of hydrogen-bond acceptors (Lipinski definition) is 5. The summed E-state index contributed by atoms with van der Waals surface area (Å²) in [5, 5.41) is 9.63. The number of nitrogens with two attached hydrogens (primary N) is 1. The summed E-state index contributed by atoms with van der Waals surface area (Å²) in [5.41, 5.74) is 5.42. The summed E-state index contributed by atoms with van der Waals surface area (Å²) in [7, 11) is 0. The van der Waals surface area contributed by atoms with Gasteiger partial charge >= 0.3 is 6.18 Å². The van der Waals surface area contributed by atoms with Crippen LogP contribution in [0.25, 0.3) is 11.3 Å². The SMILES string of the molecule is Cc1nc(-c2ccc([C@H](N(C(=O)[C@@H](N)CC(C)C)C3(C#N)CC3)C(F)(F)F)cc2)co1. The molecule has 0 spiro atoms. The molecule has 1 aromatic carbocycles. The first-order valence-electron chi connectivity index (χ1n) is 10.1. The molecule has 1 heterocycles. The smallest absolute Gasteiger partial charge is 0.413 e. The number of carbonyl (C=O) groups is 1. The molecule has 2 atom stereocenters. The summed E-state index contributed by atoms with van der Waals surface area (Å²) in [4.78, 5) is 17.9. The van der Waals surface area contributed by atoms with Gasteiger partial charge in [0.1, 0.15) is 17.5 Å². The first-order chi connectivity index (χ1) is 14.5. The fraction of sp³-hybridized carbons (Fsp3) is 0.500. The summed E-state index contributed by atoms with van der Waals surface area (Å²) in [6.07, 6.45) is -2.77. The Labute approximate surface area is 178 Å². The molecule has 3 rings (SSSR count). The molecule has 0 radical (unpaired) electrons. The summed E-state index contributed by atoms with van der Waals surface area (Å²) in [5.74, 6) is -0.397. The van der Waals surface area contributed by atoms with Crippen LogP contribution < -0.4 is 5.73 Å². The van der Waals surface area contributed by atoms with Crippen LogP contribution in [0.2, 0.25) is 0 Å². The number of hydrogen-bond donors (Lipinski definition) is 1. The van der Waals surface area contributed by atoms with Crippen molar-refractivity contribution in [3.05, 3.63) is 42.0 Å². The highest BCUT2D eigenvalue weighted by atomic mass is 19.4. The van der Waals surface area contributed by atoms with Crippen molar-refractivity contribution in [2.45, 2.75) is 63.8 Å². The lowest BCUT2D eigenvalue weighted by molar-refractivity contribution is -0.197. The van der Waals surface area contributed by atoms with E-state index in [-0.39, 0.29) is 30.7 Å². The van der Waals surface area contributed by atoms with Gasteiger partial charge in [0, 0.05) is 12.5 Å². The van der Waals surface area contributed by atoms with E-state index in [0.29, 0.717) is 22.0 Å². The summed E-state index contributed by atoms with van der Waals surface area (Å²) in [6.45, 7) is 5.33. The van der Waals surface area contributed by atoms with Crippen LogP contribution >= 0.6 is 0 Å². The van der Waals surface area contributed by atoms with Crippen molar-refractivity contribution in [2.75, 3.05) is 0 Å². The zero-order chi connectivity index (χ0) is 23.0. The molecule has 1 aliphatic carbocycles. The average molecular weight is 434 g/mol. The van der Waals surface area contributed by atoms with E-state index in [9.17, 15) is 23.2 Å². The van der Waals surface area contributed by atoms with Crippen LogP contribution in [0.15, 0.2) is 34.9 Å². The first kappa shape index (κ1) is 22.8. The molecule has 2 aromatic rings. The molecule has 1 amide bonds. The van der Waals surface area contributed by atoms with Gasteiger partial charge in [-0.15, -0.1) is 0 Å². The Bertz CT molecular complexity index is 972. The van der Waals surface area contributed by atoms with E-state index in [1.165, 1.54) is 30.5 Å². The molecule has 0 bridgehead atoms. The second kappa shape index (κ2) is 8.35. The Morgan fingerprint density at radius 1 is 1.32 bits per heavy atom. The zero-order valence-corrected chi connectivity index (χ0v) is 17.6. The Morgan fingerprint density at radius 3 is 2.35 bits per heavy atom. The van der Waals surface area contributed by atoms with Crippen LogP contribution in [0.5, 0.6) is 0 Å². The van der Waals surface area contributed by atoms with E-state index in [1.54, 1.807) is 6.92 Å². The Morgan fingerprint density at radius 2 is 1.94 bits per heavy atom. The molecule has 0 unspecified atom stereocenters. The highest BCUT2D eigenvalue weighted by Crippen LogP contribution is 2.50. The number of aromatic nitrogens is 1. The van der Waals surface area contributed by atoms with Crippen LogP contribution in [0, 0.1) is 24.2 Å². The van der Waals surface area contributed by atoms with Gasteiger partial charge in [0.15, 0.2) is 11.9 Å². The molecule has 1 aromatic heterocycles. The third-order valence-electron chi connectivity index (χ3n) is 5.38. The maximum atomic E-state index is 14.3. The number of carbonyl (C=O) groups excluding carboxylic acids is 1. The fourth-order valence-electron chi connectivity index (χ4n) is 3.71. The summed E-state index contributed by atoms with van der Waals surface area (Å²) in [6, 6.07) is 4.14. The minimum atomic E-state index is -4.79. The lowest BCUT2D eigenvalue weighted by Crippen LogP contribution is -2.54. The van der Waals surface area contributed by atoms with Gasteiger partial charge < -0.3 is 15.1 Å². The van der Waals surface area contributed by atoms with Crippen molar-refractivity contribution in [3.8, 4) is 17.3 Å².